The molecule has 2 unspecified atom stereocenters. The maximum Gasteiger partial charge on any atom is 0.246 e. The molecule has 1 aliphatic carbocycles. The third kappa shape index (κ3) is 3.41. The maximum atomic E-state index is 13.0. The standard InChI is InChI=1S/C17H30N2O2/c1-5-9-13-15(20)18-14(17(2,3)4)16(21)19(13)12-10-7-6-8-11-12/h12-14H,5-11H2,1-4H3,(H,18,20). The fourth-order valence-electron chi connectivity index (χ4n) is 3.65. The van der Waals surface area contributed by atoms with Crippen LogP contribution in [0.1, 0.15) is 72.6 Å². The summed E-state index contributed by atoms with van der Waals surface area (Å²) in [6.07, 6.45) is 7.40. The summed E-state index contributed by atoms with van der Waals surface area (Å²) in [4.78, 5) is 27.5. The van der Waals surface area contributed by atoms with Gasteiger partial charge in [0.15, 0.2) is 0 Å². The van der Waals surface area contributed by atoms with Gasteiger partial charge in [0.25, 0.3) is 0 Å². The van der Waals surface area contributed by atoms with Gasteiger partial charge in [-0.15, -0.1) is 0 Å². The van der Waals surface area contributed by atoms with Gasteiger partial charge in [-0.3, -0.25) is 9.59 Å². The molecule has 2 rings (SSSR count). The molecule has 1 N–H and O–H groups in total. The molecule has 0 radical (unpaired) electrons. The van der Waals surface area contributed by atoms with Crippen molar-refractivity contribution < 1.29 is 9.59 Å². The van der Waals surface area contributed by atoms with Gasteiger partial charge in [-0.25, -0.2) is 0 Å². The highest BCUT2D eigenvalue weighted by Crippen LogP contribution is 2.32. The second kappa shape index (κ2) is 6.37. The van der Waals surface area contributed by atoms with Crippen molar-refractivity contribution in [2.75, 3.05) is 0 Å². The Kier molecular flexibility index (Phi) is 4.95. The van der Waals surface area contributed by atoms with Gasteiger partial charge >= 0.3 is 0 Å². The van der Waals surface area contributed by atoms with Crippen LogP contribution in [-0.2, 0) is 9.59 Å². The Hall–Kier alpha value is -1.06. The lowest BCUT2D eigenvalue weighted by atomic mass is 9.82. The van der Waals surface area contributed by atoms with Crippen molar-refractivity contribution in [2.24, 2.45) is 5.41 Å². The Morgan fingerprint density at radius 3 is 2.29 bits per heavy atom. The Balaban J connectivity index is 2.27. The smallest absolute Gasteiger partial charge is 0.246 e. The first-order valence-corrected chi connectivity index (χ1v) is 8.48. The number of hydrogen-bond donors (Lipinski definition) is 1. The average Bonchev–Trinajstić information content (AvgIpc) is 2.42. The second-order valence-electron chi connectivity index (χ2n) is 7.65. The van der Waals surface area contributed by atoms with E-state index in [9.17, 15) is 9.59 Å². The fraction of sp³-hybridized carbons (Fsp3) is 0.882. The number of carbonyl (C=O) groups excluding carboxylic acids is 2. The van der Waals surface area contributed by atoms with Crippen molar-refractivity contribution in [3.63, 3.8) is 0 Å². The molecule has 21 heavy (non-hydrogen) atoms. The van der Waals surface area contributed by atoms with E-state index < -0.39 is 0 Å². The molecule has 2 fully saturated rings. The van der Waals surface area contributed by atoms with E-state index in [4.69, 9.17) is 0 Å². The molecule has 1 saturated heterocycles. The van der Waals surface area contributed by atoms with Crippen LogP contribution in [0.5, 0.6) is 0 Å². The molecule has 4 nitrogen and oxygen atoms in total. The first kappa shape index (κ1) is 16.3. The Morgan fingerprint density at radius 1 is 1.14 bits per heavy atom. The van der Waals surface area contributed by atoms with E-state index in [0.717, 1.165) is 25.7 Å². The van der Waals surface area contributed by atoms with E-state index >= 15 is 0 Å². The van der Waals surface area contributed by atoms with Crippen LogP contribution >= 0.6 is 0 Å². The van der Waals surface area contributed by atoms with Crippen LogP contribution in [-0.4, -0.2) is 34.8 Å². The molecule has 0 aromatic rings. The SMILES string of the molecule is CCCC1C(=O)NC(C(C)(C)C)C(=O)N1C1CCCCC1. The van der Waals surface area contributed by atoms with Gasteiger partial charge in [0.2, 0.25) is 11.8 Å². The molecule has 0 aromatic carbocycles. The van der Waals surface area contributed by atoms with Gasteiger partial charge < -0.3 is 10.2 Å². The number of piperazine rings is 1. The quantitative estimate of drug-likeness (QED) is 0.870. The van der Waals surface area contributed by atoms with Crippen LogP contribution in [0, 0.1) is 5.41 Å². The van der Waals surface area contributed by atoms with Crippen LogP contribution in [0.15, 0.2) is 0 Å². The lowest BCUT2D eigenvalue weighted by molar-refractivity contribution is -0.156. The van der Waals surface area contributed by atoms with Crippen molar-refractivity contribution >= 4 is 11.8 Å². The molecule has 120 valence electrons. The number of hydrogen-bond acceptors (Lipinski definition) is 2. The Bertz CT molecular complexity index is 394. The fourth-order valence-corrected chi connectivity index (χ4v) is 3.65. The van der Waals surface area contributed by atoms with Crippen LogP contribution in [0.25, 0.3) is 0 Å². The van der Waals surface area contributed by atoms with Crippen LogP contribution < -0.4 is 5.32 Å². The number of nitrogens with one attached hydrogen (secondary N) is 1. The van der Waals surface area contributed by atoms with Crippen molar-refractivity contribution in [1.29, 1.82) is 0 Å². The highest BCUT2D eigenvalue weighted by molar-refractivity contribution is 5.97. The van der Waals surface area contributed by atoms with E-state index in [2.05, 4.69) is 12.2 Å². The minimum atomic E-state index is -0.389. The van der Waals surface area contributed by atoms with E-state index in [0.29, 0.717) is 0 Å². The molecular formula is C17H30N2O2. The van der Waals surface area contributed by atoms with Crippen LogP contribution in [0.4, 0.5) is 0 Å². The van der Waals surface area contributed by atoms with Gasteiger partial charge in [0.05, 0.1) is 0 Å². The summed E-state index contributed by atoms with van der Waals surface area (Å²) >= 11 is 0. The summed E-state index contributed by atoms with van der Waals surface area (Å²) in [6.45, 7) is 8.14. The summed E-state index contributed by atoms with van der Waals surface area (Å²) in [5.74, 6) is 0.175. The molecule has 1 aliphatic heterocycles. The minimum Gasteiger partial charge on any atom is -0.342 e. The van der Waals surface area contributed by atoms with Gasteiger partial charge in [-0.05, 0) is 24.7 Å². The Morgan fingerprint density at radius 2 is 1.76 bits per heavy atom. The number of rotatable bonds is 3. The largest absolute Gasteiger partial charge is 0.342 e. The van der Waals surface area contributed by atoms with E-state index in [1.165, 1.54) is 19.3 Å². The summed E-state index contributed by atoms with van der Waals surface area (Å²) in [7, 11) is 0. The molecule has 1 heterocycles. The third-order valence-electron chi connectivity index (χ3n) is 4.82. The van der Waals surface area contributed by atoms with Gasteiger partial charge in [0.1, 0.15) is 12.1 Å². The average molecular weight is 294 g/mol. The molecular weight excluding hydrogens is 264 g/mol. The molecule has 0 spiro atoms. The predicted molar refractivity (Wildman–Crippen MR) is 83.8 cm³/mol. The lowest BCUT2D eigenvalue weighted by Crippen LogP contribution is -2.68. The van der Waals surface area contributed by atoms with E-state index in [1.54, 1.807) is 0 Å². The van der Waals surface area contributed by atoms with Crippen LogP contribution in [0.2, 0.25) is 0 Å². The monoisotopic (exact) mass is 294 g/mol. The highest BCUT2D eigenvalue weighted by atomic mass is 16.2. The number of nitrogens with zero attached hydrogens (tertiary/aromatic N) is 1. The number of carbonyl (C=O) groups is 2. The van der Waals surface area contributed by atoms with Crippen molar-refractivity contribution in [3.05, 3.63) is 0 Å². The molecule has 0 bridgehead atoms. The van der Waals surface area contributed by atoms with Crippen LogP contribution in [0.3, 0.4) is 0 Å². The third-order valence-corrected chi connectivity index (χ3v) is 4.82. The first-order chi connectivity index (χ1) is 9.86. The number of amides is 2. The normalized spacial score (nSPS) is 28.7. The molecule has 2 atom stereocenters. The molecule has 0 aromatic heterocycles. The maximum absolute atomic E-state index is 13.0. The van der Waals surface area contributed by atoms with Gasteiger partial charge in [-0.1, -0.05) is 53.4 Å². The summed E-state index contributed by atoms with van der Waals surface area (Å²) < 4.78 is 0. The highest BCUT2D eigenvalue weighted by Gasteiger charge is 2.47. The lowest BCUT2D eigenvalue weighted by Gasteiger charge is -2.47. The minimum absolute atomic E-state index is 0.0435. The zero-order chi connectivity index (χ0) is 15.6. The van der Waals surface area contributed by atoms with E-state index in [-0.39, 0.29) is 35.4 Å². The second-order valence-corrected chi connectivity index (χ2v) is 7.65. The first-order valence-electron chi connectivity index (χ1n) is 8.48. The van der Waals surface area contributed by atoms with E-state index in [1.807, 2.05) is 25.7 Å². The molecule has 2 amide bonds. The van der Waals surface area contributed by atoms with Crippen molar-refractivity contribution in [1.82, 2.24) is 10.2 Å². The molecule has 2 aliphatic rings. The van der Waals surface area contributed by atoms with Gasteiger partial charge in [-0.2, -0.15) is 0 Å². The summed E-state index contributed by atoms with van der Waals surface area (Å²) in [6, 6.07) is -0.386. The topological polar surface area (TPSA) is 49.4 Å². The van der Waals surface area contributed by atoms with Crippen molar-refractivity contribution in [2.45, 2.75) is 90.8 Å². The van der Waals surface area contributed by atoms with Gasteiger partial charge in [0, 0.05) is 6.04 Å². The zero-order valence-electron chi connectivity index (χ0n) is 13.9. The predicted octanol–water partition coefficient (Wildman–Crippen LogP) is 2.86. The molecule has 1 saturated carbocycles. The zero-order valence-corrected chi connectivity index (χ0v) is 13.9. The Labute approximate surface area is 128 Å². The summed E-state index contributed by atoms with van der Waals surface area (Å²) in [5, 5.41) is 2.98. The summed E-state index contributed by atoms with van der Waals surface area (Å²) in [5.41, 5.74) is -0.239. The van der Waals surface area contributed by atoms with Crippen molar-refractivity contribution in [3.8, 4) is 0 Å². The molecule has 4 heteroatoms.